The molecule has 9 heteroatoms. The van der Waals surface area contributed by atoms with E-state index in [0.29, 0.717) is 17.6 Å². The van der Waals surface area contributed by atoms with E-state index < -0.39 is 0 Å². The number of hydrogen-bond donors (Lipinski definition) is 1. The number of rotatable bonds is 4. The number of aromatic nitrogens is 2. The summed E-state index contributed by atoms with van der Waals surface area (Å²) in [6, 6.07) is 0.0404. The van der Waals surface area contributed by atoms with Gasteiger partial charge in [0.05, 0.1) is 11.9 Å². The van der Waals surface area contributed by atoms with Gasteiger partial charge < -0.3 is 14.7 Å². The summed E-state index contributed by atoms with van der Waals surface area (Å²) in [5, 5.41) is 7.54. The zero-order valence-corrected chi connectivity index (χ0v) is 16.0. The monoisotopic (exact) mass is 375 g/mol. The quantitative estimate of drug-likeness (QED) is 0.858. The summed E-state index contributed by atoms with van der Waals surface area (Å²) in [4.78, 5) is 21.3. The normalized spacial score (nSPS) is 26.2. The van der Waals surface area contributed by atoms with Crippen molar-refractivity contribution >= 4 is 30.1 Å². The molecule has 3 atom stereocenters. The van der Waals surface area contributed by atoms with Gasteiger partial charge in [0.1, 0.15) is 6.04 Å². The van der Waals surface area contributed by atoms with E-state index in [1.165, 1.54) is 0 Å². The largest absolute Gasteiger partial charge is 0.337 e. The third-order valence-electron chi connectivity index (χ3n) is 4.75. The van der Waals surface area contributed by atoms with Crippen molar-refractivity contribution in [1.29, 1.82) is 0 Å². The zero-order valence-electron chi connectivity index (χ0n) is 14.4. The van der Waals surface area contributed by atoms with E-state index in [0.717, 1.165) is 31.8 Å². The Hall–Kier alpha value is -0.830. The Kier molecular flexibility index (Phi) is 6.91. The Morgan fingerprint density at radius 3 is 3.00 bits per heavy atom. The lowest BCUT2D eigenvalue weighted by atomic mass is 10.1. The first-order valence-electron chi connectivity index (χ1n) is 8.24. The number of hydrogen-bond acceptors (Lipinski definition) is 7. The molecule has 3 unspecified atom stereocenters. The van der Waals surface area contributed by atoms with Crippen LogP contribution in [-0.2, 0) is 4.79 Å². The van der Waals surface area contributed by atoms with Gasteiger partial charge >= 0.3 is 0 Å². The zero-order chi connectivity index (χ0) is 16.4. The predicted molar refractivity (Wildman–Crippen MR) is 96.2 cm³/mol. The highest BCUT2D eigenvalue weighted by atomic mass is 35.5. The van der Waals surface area contributed by atoms with Crippen LogP contribution in [0.2, 0.25) is 0 Å². The minimum absolute atomic E-state index is 0. The van der Waals surface area contributed by atoms with Crippen molar-refractivity contribution in [3.8, 4) is 0 Å². The minimum Gasteiger partial charge on any atom is -0.337 e. The Labute approximate surface area is 153 Å². The summed E-state index contributed by atoms with van der Waals surface area (Å²) in [6.07, 6.45) is 0.848. The second-order valence-electron chi connectivity index (χ2n) is 6.32. The standard InChI is InChI=1S/C15H25N5O2S.ClH/c1-4-10(2)15(21)20-9-23-8-12(20)14-17-13(18-22-14)11-7-16-5-6-19(11)3;/h10-12,16H,4-9H2,1-3H3;1H. The lowest BCUT2D eigenvalue weighted by molar-refractivity contribution is -0.136. The van der Waals surface area contributed by atoms with Crippen LogP contribution < -0.4 is 5.32 Å². The number of carbonyl (C=O) groups excluding carboxylic acids is 1. The maximum Gasteiger partial charge on any atom is 0.250 e. The van der Waals surface area contributed by atoms with Crippen LogP contribution in [0.25, 0.3) is 0 Å². The Morgan fingerprint density at radius 2 is 2.29 bits per heavy atom. The second-order valence-corrected chi connectivity index (χ2v) is 7.32. The third kappa shape index (κ3) is 3.87. The molecule has 2 aliphatic rings. The number of likely N-dealkylation sites (N-methyl/N-ethyl adjacent to an activating group) is 1. The van der Waals surface area contributed by atoms with E-state index in [4.69, 9.17) is 4.52 Å². The molecule has 0 radical (unpaired) electrons. The van der Waals surface area contributed by atoms with Gasteiger partial charge in [-0.05, 0) is 13.5 Å². The summed E-state index contributed by atoms with van der Waals surface area (Å²) in [5.74, 6) is 3.02. The van der Waals surface area contributed by atoms with Gasteiger partial charge in [-0.1, -0.05) is 19.0 Å². The summed E-state index contributed by atoms with van der Waals surface area (Å²) >= 11 is 1.74. The second kappa shape index (κ2) is 8.51. The fourth-order valence-corrected chi connectivity index (χ4v) is 4.09. The van der Waals surface area contributed by atoms with Crippen LogP contribution in [-0.4, -0.2) is 64.2 Å². The number of amides is 1. The van der Waals surface area contributed by atoms with Crippen molar-refractivity contribution in [2.45, 2.75) is 32.4 Å². The molecule has 0 aromatic carbocycles. The number of nitrogens with zero attached hydrogens (tertiary/aromatic N) is 4. The Balaban J connectivity index is 0.00000208. The lowest BCUT2D eigenvalue weighted by Crippen LogP contribution is -2.44. The molecule has 3 heterocycles. The topological polar surface area (TPSA) is 74.5 Å². The van der Waals surface area contributed by atoms with Gasteiger partial charge in [0, 0.05) is 31.3 Å². The molecular formula is C15H26ClN5O2S. The molecule has 0 saturated carbocycles. The van der Waals surface area contributed by atoms with E-state index in [1.807, 2.05) is 18.7 Å². The first kappa shape index (κ1) is 19.5. The number of nitrogens with one attached hydrogen (secondary N) is 1. The average molecular weight is 376 g/mol. The Bertz CT molecular complexity index is 558. The molecule has 2 aliphatic heterocycles. The van der Waals surface area contributed by atoms with Crippen molar-refractivity contribution in [2.75, 3.05) is 38.3 Å². The van der Waals surface area contributed by atoms with Gasteiger partial charge in [-0.3, -0.25) is 9.69 Å². The van der Waals surface area contributed by atoms with Gasteiger partial charge in [0.25, 0.3) is 0 Å². The maximum atomic E-state index is 12.5. The van der Waals surface area contributed by atoms with Crippen LogP contribution in [0.3, 0.4) is 0 Å². The molecule has 7 nitrogen and oxygen atoms in total. The predicted octanol–water partition coefficient (Wildman–Crippen LogP) is 1.69. The molecule has 2 fully saturated rings. The molecule has 0 aliphatic carbocycles. The van der Waals surface area contributed by atoms with E-state index >= 15 is 0 Å². The van der Waals surface area contributed by atoms with Crippen molar-refractivity contribution in [1.82, 2.24) is 25.3 Å². The molecule has 1 aromatic rings. The molecule has 2 saturated heterocycles. The molecule has 1 N–H and O–H groups in total. The smallest absolute Gasteiger partial charge is 0.250 e. The first-order chi connectivity index (χ1) is 11.1. The highest BCUT2D eigenvalue weighted by Gasteiger charge is 2.37. The molecule has 24 heavy (non-hydrogen) atoms. The van der Waals surface area contributed by atoms with Crippen LogP contribution >= 0.6 is 24.2 Å². The summed E-state index contributed by atoms with van der Waals surface area (Å²) in [7, 11) is 2.08. The molecule has 0 bridgehead atoms. The van der Waals surface area contributed by atoms with Crippen LogP contribution in [0.1, 0.15) is 44.1 Å². The molecule has 1 amide bonds. The highest BCUT2D eigenvalue weighted by molar-refractivity contribution is 7.99. The molecular weight excluding hydrogens is 350 g/mol. The number of halogens is 1. The summed E-state index contributed by atoms with van der Waals surface area (Å²) in [5.41, 5.74) is 0. The van der Waals surface area contributed by atoms with E-state index in [9.17, 15) is 4.79 Å². The van der Waals surface area contributed by atoms with E-state index in [2.05, 4.69) is 27.4 Å². The van der Waals surface area contributed by atoms with Gasteiger partial charge in [0.2, 0.25) is 11.8 Å². The van der Waals surface area contributed by atoms with Gasteiger partial charge in [-0.25, -0.2) is 0 Å². The van der Waals surface area contributed by atoms with Gasteiger partial charge in [-0.2, -0.15) is 4.98 Å². The van der Waals surface area contributed by atoms with Crippen LogP contribution in [0.5, 0.6) is 0 Å². The number of thioether (sulfide) groups is 1. The van der Waals surface area contributed by atoms with Crippen LogP contribution in [0.4, 0.5) is 0 Å². The van der Waals surface area contributed by atoms with Crippen molar-refractivity contribution in [2.24, 2.45) is 5.92 Å². The van der Waals surface area contributed by atoms with Crippen LogP contribution in [0, 0.1) is 5.92 Å². The highest BCUT2D eigenvalue weighted by Crippen LogP contribution is 2.34. The SMILES string of the molecule is CCC(C)C(=O)N1CSCC1c1nc(C2CNCCN2C)no1.Cl. The van der Waals surface area contributed by atoms with Gasteiger partial charge in [-0.15, -0.1) is 24.2 Å². The average Bonchev–Trinajstić information content (AvgIpc) is 3.22. The molecule has 136 valence electrons. The molecule has 1 aromatic heterocycles. The molecule has 3 rings (SSSR count). The van der Waals surface area contributed by atoms with Crippen molar-refractivity contribution in [3.63, 3.8) is 0 Å². The summed E-state index contributed by atoms with van der Waals surface area (Å²) in [6.45, 7) is 6.78. The lowest BCUT2D eigenvalue weighted by Gasteiger charge is -2.30. The molecule has 0 spiro atoms. The maximum absolute atomic E-state index is 12.5. The van der Waals surface area contributed by atoms with Crippen molar-refractivity contribution in [3.05, 3.63) is 11.7 Å². The van der Waals surface area contributed by atoms with Crippen molar-refractivity contribution < 1.29 is 9.32 Å². The van der Waals surface area contributed by atoms with E-state index in [1.54, 1.807) is 11.8 Å². The first-order valence-corrected chi connectivity index (χ1v) is 9.40. The van der Waals surface area contributed by atoms with Crippen LogP contribution in [0.15, 0.2) is 4.52 Å². The summed E-state index contributed by atoms with van der Waals surface area (Å²) < 4.78 is 5.52. The minimum atomic E-state index is -0.0930. The number of carbonyl (C=O) groups is 1. The van der Waals surface area contributed by atoms with Gasteiger partial charge in [0.15, 0.2) is 5.82 Å². The Morgan fingerprint density at radius 1 is 1.50 bits per heavy atom. The van der Waals surface area contributed by atoms with E-state index in [-0.39, 0.29) is 36.3 Å². The fraction of sp³-hybridized carbons (Fsp3) is 0.800. The third-order valence-corrected chi connectivity index (χ3v) is 5.76. The fourth-order valence-electron chi connectivity index (χ4n) is 2.93. The number of piperazine rings is 1.